The molecule has 142 valence electrons. The number of carbonyl (C=O) groups is 1. The second-order valence-electron chi connectivity index (χ2n) is 7.91. The van der Waals surface area contributed by atoms with E-state index in [1.165, 1.54) is 6.07 Å². The van der Waals surface area contributed by atoms with Gasteiger partial charge in [-0.3, -0.25) is 4.79 Å². The van der Waals surface area contributed by atoms with Gasteiger partial charge in [-0.1, -0.05) is 0 Å². The molecule has 3 unspecified atom stereocenters. The highest BCUT2D eigenvalue weighted by atomic mass is 19.1. The summed E-state index contributed by atoms with van der Waals surface area (Å²) in [6, 6.07) is 4.95. The predicted molar refractivity (Wildman–Crippen MR) is 95.0 cm³/mol. The van der Waals surface area contributed by atoms with Crippen LogP contribution < -0.4 is 5.73 Å². The third kappa shape index (κ3) is 2.90. The SMILES string of the molecule is CC(C)(CO)n1ccc2cc(C3CC3(CC(O)CO)C(N)=O)c(F)cc21. The van der Waals surface area contributed by atoms with E-state index in [9.17, 15) is 19.4 Å². The zero-order valence-electron chi connectivity index (χ0n) is 14.9. The Balaban J connectivity index is 2.00. The van der Waals surface area contributed by atoms with Gasteiger partial charge < -0.3 is 25.6 Å². The van der Waals surface area contributed by atoms with Crippen molar-refractivity contribution in [3.63, 3.8) is 0 Å². The predicted octanol–water partition coefficient (Wildman–Crippen LogP) is 1.21. The van der Waals surface area contributed by atoms with E-state index in [0.717, 1.165) is 5.39 Å². The van der Waals surface area contributed by atoms with Crippen LogP contribution in [0.5, 0.6) is 0 Å². The van der Waals surface area contributed by atoms with Crippen LogP contribution in [0.1, 0.15) is 38.2 Å². The number of hydrogen-bond acceptors (Lipinski definition) is 4. The van der Waals surface area contributed by atoms with Crippen molar-refractivity contribution in [1.82, 2.24) is 4.57 Å². The monoisotopic (exact) mass is 364 g/mol. The minimum atomic E-state index is -1.06. The Kier molecular flexibility index (Phi) is 4.58. The van der Waals surface area contributed by atoms with Crippen LogP contribution in [0.15, 0.2) is 24.4 Å². The van der Waals surface area contributed by atoms with Crippen molar-refractivity contribution in [2.45, 2.75) is 44.2 Å². The number of aliphatic hydroxyl groups excluding tert-OH is 3. The fraction of sp³-hybridized carbons (Fsp3) is 0.526. The Morgan fingerprint density at radius 3 is 2.73 bits per heavy atom. The first kappa shape index (κ1) is 18.8. The Morgan fingerprint density at radius 1 is 1.46 bits per heavy atom. The number of nitrogens with two attached hydrogens (primary N) is 1. The van der Waals surface area contributed by atoms with Crippen LogP contribution in [0.3, 0.4) is 0 Å². The smallest absolute Gasteiger partial charge is 0.224 e. The van der Waals surface area contributed by atoms with Gasteiger partial charge in [-0.25, -0.2) is 4.39 Å². The van der Waals surface area contributed by atoms with E-state index in [2.05, 4.69) is 0 Å². The lowest BCUT2D eigenvalue weighted by molar-refractivity contribution is -0.124. The molecule has 5 N–H and O–H groups in total. The van der Waals surface area contributed by atoms with Crippen LogP contribution in [0, 0.1) is 11.2 Å². The Hall–Kier alpha value is -1.96. The van der Waals surface area contributed by atoms with Gasteiger partial charge in [-0.05, 0) is 50.5 Å². The molecule has 0 aliphatic heterocycles. The number of carbonyl (C=O) groups excluding carboxylic acids is 1. The van der Waals surface area contributed by atoms with Crippen molar-refractivity contribution in [1.29, 1.82) is 0 Å². The normalized spacial score (nSPS) is 24.0. The van der Waals surface area contributed by atoms with Crippen molar-refractivity contribution < 1.29 is 24.5 Å². The molecule has 0 spiro atoms. The first-order valence-corrected chi connectivity index (χ1v) is 8.67. The summed E-state index contributed by atoms with van der Waals surface area (Å²) in [4.78, 5) is 11.9. The van der Waals surface area contributed by atoms with Crippen LogP contribution in [-0.4, -0.2) is 45.1 Å². The van der Waals surface area contributed by atoms with Crippen molar-refractivity contribution in [2.24, 2.45) is 11.1 Å². The maximum atomic E-state index is 14.8. The highest BCUT2D eigenvalue weighted by molar-refractivity contribution is 5.87. The van der Waals surface area contributed by atoms with Gasteiger partial charge in [0.05, 0.1) is 35.8 Å². The van der Waals surface area contributed by atoms with Gasteiger partial charge in [-0.2, -0.15) is 0 Å². The molecule has 1 aliphatic carbocycles. The quantitative estimate of drug-likeness (QED) is 0.592. The summed E-state index contributed by atoms with van der Waals surface area (Å²) in [5.74, 6) is -1.45. The average molecular weight is 364 g/mol. The molecule has 0 bridgehead atoms. The minimum Gasteiger partial charge on any atom is -0.394 e. The molecule has 1 aromatic heterocycles. The fourth-order valence-electron chi connectivity index (χ4n) is 3.84. The lowest BCUT2D eigenvalue weighted by Gasteiger charge is -2.25. The molecule has 1 aliphatic rings. The molecular formula is C19H25FN2O4. The summed E-state index contributed by atoms with van der Waals surface area (Å²) in [7, 11) is 0. The van der Waals surface area contributed by atoms with Crippen molar-refractivity contribution in [3.05, 3.63) is 35.8 Å². The summed E-state index contributed by atoms with van der Waals surface area (Å²) in [5.41, 5.74) is 4.97. The molecule has 1 aromatic carbocycles. The lowest BCUT2D eigenvalue weighted by Crippen LogP contribution is -2.31. The molecule has 26 heavy (non-hydrogen) atoms. The summed E-state index contributed by atoms with van der Waals surface area (Å²) < 4.78 is 16.7. The molecule has 3 rings (SSSR count). The molecule has 1 heterocycles. The van der Waals surface area contributed by atoms with E-state index in [4.69, 9.17) is 10.8 Å². The molecule has 6 nitrogen and oxygen atoms in total. The lowest BCUT2D eigenvalue weighted by atomic mass is 9.91. The maximum absolute atomic E-state index is 14.8. The highest BCUT2D eigenvalue weighted by Crippen LogP contribution is 2.62. The van der Waals surface area contributed by atoms with Gasteiger partial charge >= 0.3 is 0 Å². The molecule has 2 aromatic rings. The first-order valence-electron chi connectivity index (χ1n) is 8.67. The van der Waals surface area contributed by atoms with E-state index in [1.54, 1.807) is 12.3 Å². The third-order valence-corrected chi connectivity index (χ3v) is 5.60. The topological polar surface area (TPSA) is 109 Å². The second kappa shape index (κ2) is 6.33. The molecular weight excluding hydrogens is 339 g/mol. The molecule has 1 amide bonds. The fourth-order valence-corrected chi connectivity index (χ4v) is 3.84. The van der Waals surface area contributed by atoms with Crippen LogP contribution in [-0.2, 0) is 10.3 Å². The number of rotatable bonds is 7. The Labute approximate surface area is 151 Å². The number of aliphatic hydroxyl groups is 3. The van der Waals surface area contributed by atoms with Gasteiger partial charge in [0, 0.05) is 17.5 Å². The van der Waals surface area contributed by atoms with Gasteiger partial charge in [0.2, 0.25) is 5.91 Å². The van der Waals surface area contributed by atoms with E-state index >= 15 is 0 Å². The van der Waals surface area contributed by atoms with Crippen LogP contribution >= 0.6 is 0 Å². The number of amides is 1. The number of primary amides is 1. The zero-order valence-corrected chi connectivity index (χ0v) is 14.9. The number of fused-ring (bicyclic) bond motifs is 1. The second-order valence-corrected chi connectivity index (χ2v) is 7.91. The Morgan fingerprint density at radius 2 is 2.15 bits per heavy atom. The molecule has 1 fully saturated rings. The molecule has 0 saturated heterocycles. The number of benzene rings is 1. The van der Waals surface area contributed by atoms with E-state index in [0.29, 0.717) is 17.5 Å². The van der Waals surface area contributed by atoms with Gasteiger partial charge in [0.1, 0.15) is 5.82 Å². The average Bonchev–Trinajstić information content (AvgIpc) is 3.16. The standard InChI is InChI=1S/C19H25FN2O4/c1-18(2,10-24)22-4-3-11-5-13(15(20)6-16(11)22)14-8-19(14,17(21)26)7-12(25)9-23/h3-6,12,14,23-25H,7-10H2,1-2H3,(H2,21,26). The Bertz CT molecular complexity index is 847. The number of nitrogens with zero attached hydrogens (tertiary/aromatic N) is 1. The van der Waals surface area contributed by atoms with Gasteiger partial charge in [0.25, 0.3) is 0 Å². The number of hydrogen-bond donors (Lipinski definition) is 4. The molecule has 3 atom stereocenters. The maximum Gasteiger partial charge on any atom is 0.224 e. The summed E-state index contributed by atoms with van der Waals surface area (Å²) >= 11 is 0. The van der Waals surface area contributed by atoms with Crippen molar-refractivity contribution >= 4 is 16.8 Å². The van der Waals surface area contributed by atoms with Crippen molar-refractivity contribution in [2.75, 3.05) is 13.2 Å². The highest BCUT2D eigenvalue weighted by Gasteiger charge is 2.60. The van der Waals surface area contributed by atoms with Crippen LogP contribution in [0.25, 0.3) is 10.9 Å². The largest absolute Gasteiger partial charge is 0.394 e. The number of halogens is 1. The third-order valence-electron chi connectivity index (χ3n) is 5.60. The molecule has 7 heteroatoms. The van der Waals surface area contributed by atoms with Crippen LogP contribution in [0.4, 0.5) is 4.39 Å². The number of aromatic nitrogens is 1. The zero-order chi connectivity index (χ0) is 19.3. The molecule has 0 radical (unpaired) electrons. The van der Waals surface area contributed by atoms with E-state index < -0.39 is 41.3 Å². The van der Waals surface area contributed by atoms with Crippen molar-refractivity contribution in [3.8, 4) is 0 Å². The summed E-state index contributed by atoms with van der Waals surface area (Å²) in [5, 5.41) is 29.2. The van der Waals surface area contributed by atoms with Gasteiger partial charge in [0.15, 0.2) is 0 Å². The van der Waals surface area contributed by atoms with Crippen LogP contribution in [0.2, 0.25) is 0 Å². The van der Waals surface area contributed by atoms with E-state index in [1.807, 2.05) is 24.5 Å². The summed E-state index contributed by atoms with van der Waals surface area (Å²) in [6.07, 6.45) is 1.10. The van der Waals surface area contributed by atoms with E-state index in [-0.39, 0.29) is 13.0 Å². The first-order chi connectivity index (χ1) is 12.2. The van der Waals surface area contributed by atoms with Gasteiger partial charge in [-0.15, -0.1) is 0 Å². The summed E-state index contributed by atoms with van der Waals surface area (Å²) in [6.45, 7) is 3.15. The minimum absolute atomic E-state index is 0.0134. The molecule has 1 saturated carbocycles.